The number of rotatable bonds is 5. The predicted octanol–water partition coefficient (Wildman–Crippen LogP) is 4.48. The third-order valence-electron chi connectivity index (χ3n) is 3.12. The number of phenols is 1. The van der Waals surface area contributed by atoms with E-state index in [2.05, 4.69) is 10.1 Å². The SMILES string of the molecule is Cc1ccc(O)c(C(C)Nc2ccccc2OC(F)F)c1. The number of nitrogens with one attached hydrogen (secondary N) is 1. The molecule has 2 aromatic rings. The van der Waals surface area contributed by atoms with E-state index in [1.165, 1.54) is 6.07 Å². The van der Waals surface area contributed by atoms with Crippen LogP contribution in [-0.2, 0) is 0 Å². The molecule has 21 heavy (non-hydrogen) atoms. The fourth-order valence-corrected chi connectivity index (χ4v) is 2.12. The lowest BCUT2D eigenvalue weighted by atomic mass is 10.0. The molecular weight excluding hydrogens is 276 g/mol. The second-order valence-corrected chi connectivity index (χ2v) is 4.80. The molecule has 0 bridgehead atoms. The van der Waals surface area contributed by atoms with Gasteiger partial charge in [-0.15, -0.1) is 0 Å². The van der Waals surface area contributed by atoms with Crippen LogP contribution >= 0.6 is 0 Å². The van der Waals surface area contributed by atoms with Crippen LogP contribution in [0.1, 0.15) is 24.1 Å². The minimum atomic E-state index is -2.88. The molecule has 0 radical (unpaired) electrons. The van der Waals surface area contributed by atoms with Gasteiger partial charge in [-0.25, -0.2) is 0 Å². The molecule has 0 amide bonds. The highest BCUT2D eigenvalue weighted by Crippen LogP contribution is 2.32. The summed E-state index contributed by atoms with van der Waals surface area (Å²) in [6.07, 6.45) is 0. The maximum atomic E-state index is 12.4. The monoisotopic (exact) mass is 293 g/mol. The molecule has 2 aromatic carbocycles. The number of hydrogen-bond donors (Lipinski definition) is 2. The third kappa shape index (κ3) is 3.84. The van der Waals surface area contributed by atoms with Gasteiger partial charge < -0.3 is 15.2 Å². The number of aryl methyl sites for hydroxylation is 1. The van der Waals surface area contributed by atoms with Gasteiger partial charge in [0.15, 0.2) is 0 Å². The smallest absolute Gasteiger partial charge is 0.387 e. The standard InChI is InChI=1S/C16H17F2NO2/c1-10-7-8-14(20)12(9-10)11(2)19-13-5-3-4-6-15(13)21-16(17)18/h3-9,11,16,19-20H,1-2H3. The Morgan fingerprint density at radius 3 is 2.57 bits per heavy atom. The fourth-order valence-electron chi connectivity index (χ4n) is 2.12. The zero-order valence-corrected chi connectivity index (χ0v) is 11.8. The van der Waals surface area contributed by atoms with Gasteiger partial charge in [-0.2, -0.15) is 8.78 Å². The first kappa shape index (κ1) is 15.1. The zero-order chi connectivity index (χ0) is 15.4. The van der Waals surface area contributed by atoms with Crippen molar-refractivity contribution in [2.24, 2.45) is 0 Å². The number of aromatic hydroxyl groups is 1. The Hall–Kier alpha value is -2.30. The lowest BCUT2D eigenvalue weighted by Gasteiger charge is -2.19. The average Bonchev–Trinajstić information content (AvgIpc) is 2.43. The maximum Gasteiger partial charge on any atom is 0.387 e. The van der Waals surface area contributed by atoms with Crippen molar-refractivity contribution in [2.45, 2.75) is 26.5 Å². The highest BCUT2D eigenvalue weighted by atomic mass is 19.3. The summed E-state index contributed by atoms with van der Waals surface area (Å²) in [6.45, 7) is 0.882. The summed E-state index contributed by atoms with van der Waals surface area (Å²) >= 11 is 0. The Kier molecular flexibility index (Phi) is 4.62. The van der Waals surface area contributed by atoms with Crippen LogP contribution in [-0.4, -0.2) is 11.7 Å². The summed E-state index contributed by atoms with van der Waals surface area (Å²) in [6, 6.07) is 11.5. The van der Waals surface area contributed by atoms with Crippen LogP contribution in [0.2, 0.25) is 0 Å². The van der Waals surface area contributed by atoms with Crippen molar-refractivity contribution < 1.29 is 18.6 Å². The molecule has 3 nitrogen and oxygen atoms in total. The summed E-state index contributed by atoms with van der Waals surface area (Å²) in [5, 5.41) is 13.0. The molecule has 2 rings (SSSR count). The van der Waals surface area contributed by atoms with Gasteiger partial charge in [-0.3, -0.25) is 0 Å². The Morgan fingerprint density at radius 2 is 1.86 bits per heavy atom. The summed E-state index contributed by atoms with van der Waals surface area (Å²) < 4.78 is 29.3. The van der Waals surface area contributed by atoms with Crippen molar-refractivity contribution in [3.8, 4) is 11.5 Å². The zero-order valence-electron chi connectivity index (χ0n) is 11.8. The van der Waals surface area contributed by atoms with Gasteiger partial charge in [-0.05, 0) is 32.0 Å². The van der Waals surface area contributed by atoms with Crippen molar-refractivity contribution in [1.29, 1.82) is 0 Å². The van der Waals surface area contributed by atoms with E-state index in [0.29, 0.717) is 11.3 Å². The number of halogens is 2. The molecule has 0 aliphatic rings. The lowest BCUT2D eigenvalue weighted by Crippen LogP contribution is -2.10. The molecule has 5 heteroatoms. The van der Waals surface area contributed by atoms with E-state index in [0.717, 1.165) is 5.56 Å². The number of hydrogen-bond acceptors (Lipinski definition) is 3. The maximum absolute atomic E-state index is 12.4. The summed E-state index contributed by atoms with van der Waals surface area (Å²) in [5.41, 5.74) is 2.15. The van der Waals surface area contributed by atoms with Crippen LogP contribution in [0.5, 0.6) is 11.5 Å². The van der Waals surface area contributed by atoms with Gasteiger partial charge >= 0.3 is 6.61 Å². The van der Waals surface area contributed by atoms with E-state index < -0.39 is 6.61 Å². The molecule has 1 unspecified atom stereocenters. The van der Waals surface area contributed by atoms with E-state index in [4.69, 9.17) is 0 Å². The van der Waals surface area contributed by atoms with E-state index in [9.17, 15) is 13.9 Å². The Balaban J connectivity index is 2.23. The van der Waals surface area contributed by atoms with E-state index in [1.807, 2.05) is 19.9 Å². The topological polar surface area (TPSA) is 41.5 Å². The fraction of sp³-hybridized carbons (Fsp3) is 0.250. The van der Waals surface area contributed by atoms with Crippen LogP contribution in [0.4, 0.5) is 14.5 Å². The second kappa shape index (κ2) is 6.43. The molecule has 0 aromatic heterocycles. The molecule has 0 aliphatic heterocycles. The van der Waals surface area contributed by atoms with Crippen LogP contribution < -0.4 is 10.1 Å². The number of anilines is 1. The van der Waals surface area contributed by atoms with Gasteiger partial charge in [0.1, 0.15) is 11.5 Å². The van der Waals surface area contributed by atoms with E-state index in [1.54, 1.807) is 30.3 Å². The van der Waals surface area contributed by atoms with Crippen molar-refractivity contribution in [3.63, 3.8) is 0 Å². The number of phenolic OH excluding ortho intramolecular Hbond substituents is 1. The number of benzene rings is 2. The van der Waals surface area contributed by atoms with Crippen molar-refractivity contribution in [2.75, 3.05) is 5.32 Å². The van der Waals surface area contributed by atoms with Crippen molar-refractivity contribution in [3.05, 3.63) is 53.6 Å². The van der Waals surface area contributed by atoms with Crippen molar-refractivity contribution in [1.82, 2.24) is 0 Å². The second-order valence-electron chi connectivity index (χ2n) is 4.80. The third-order valence-corrected chi connectivity index (χ3v) is 3.12. The largest absolute Gasteiger partial charge is 0.508 e. The number of para-hydroxylation sites is 2. The molecule has 0 aliphatic carbocycles. The Morgan fingerprint density at radius 1 is 1.14 bits per heavy atom. The number of ether oxygens (including phenoxy) is 1. The predicted molar refractivity (Wildman–Crippen MR) is 78.0 cm³/mol. The molecule has 112 valence electrons. The minimum absolute atomic E-state index is 0.0755. The minimum Gasteiger partial charge on any atom is -0.508 e. The Bertz CT molecular complexity index is 617. The van der Waals surface area contributed by atoms with Gasteiger partial charge in [-0.1, -0.05) is 29.8 Å². The molecule has 0 spiro atoms. The van der Waals surface area contributed by atoms with Gasteiger partial charge in [0.05, 0.1) is 11.7 Å². The van der Waals surface area contributed by atoms with Crippen LogP contribution in [0.3, 0.4) is 0 Å². The summed E-state index contributed by atoms with van der Waals surface area (Å²) in [5.74, 6) is 0.236. The summed E-state index contributed by atoms with van der Waals surface area (Å²) in [4.78, 5) is 0. The average molecular weight is 293 g/mol. The molecule has 0 saturated heterocycles. The first-order valence-corrected chi connectivity index (χ1v) is 6.57. The van der Waals surface area contributed by atoms with Crippen molar-refractivity contribution >= 4 is 5.69 Å². The molecule has 0 saturated carbocycles. The lowest BCUT2D eigenvalue weighted by molar-refractivity contribution is -0.0493. The van der Waals surface area contributed by atoms with E-state index >= 15 is 0 Å². The molecule has 0 fully saturated rings. The highest BCUT2D eigenvalue weighted by molar-refractivity contribution is 5.58. The Labute approximate surface area is 122 Å². The van der Waals surface area contributed by atoms with E-state index in [-0.39, 0.29) is 17.5 Å². The van der Waals surface area contributed by atoms with Gasteiger partial charge in [0, 0.05) is 5.56 Å². The first-order chi connectivity index (χ1) is 9.97. The molecular formula is C16H17F2NO2. The summed E-state index contributed by atoms with van der Waals surface area (Å²) in [7, 11) is 0. The van der Waals surface area contributed by atoms with Gasteiger partial charge in [0.25, 0.3) is 0 Å². The first-order valence-electron chi connectivity index (χ1n) is 6.57. The van der Waals surface area contributed by atoms with Crippen LogP contribution in [0.15, 0.2) is 42.5 Å². The molecule has 2 N–H and O–H groups in total. The van der Waals surface area contributed by atoms with Crippen LogP contribution in [0, 0.1) is 6.92 Å². The van der Waals surface area contributed by atoms with Crippen LogP contribution in [0.25, 0.3) is 0 Å². The molecule has 1 atom stereocenters. The highest BCUT2D eigenvalue weighted by Gasteiger charge is 2.14. The molecule has 0 heterocycles. The normalized spacial score (nSPS) is 12.2. The quantitative estimate of drug-likeness (QED) is 0.854. The number of alkyl halides is 2. The van der Waals surface area contributed by atoms with Gasteiger partial charge in [0.2, 0.25) is 0 Å².